The molecule has 26 heavy (non-hydrogen) atoms. The predicted molar refractivity (Wildman–Crippen MR) is 100 cm³/mol. The van der Waals surface area contributed by atoms with Crippen LogP contribution in [0.3, 0.4) is 0 Å². The molecule has 0 fully saturated rings. The van der Waals surface area contributed by atoms with Gasteiger partial charge in [-0.15, -0.1) is 0 Å². The van der Waals surface area contributed by atoms with Crippen molar-refractivity contribution in [3.8, 4) is 0 Å². The van der Waals surface area contributed by atoms with Crippen LogP contribution < -0.4 is 10.6 Å². The Hall–Kier alpha value is -2.70. The first-order valence-corrected chi connectivity index (χ1v) is 8.74. The summed E-state index contributed by atoms with van der Waals surface area (Å²) in [7, 11) is 0. The fourth-order valence-electron chi connectivity index (χ4n) is 3.14. The maximum Gasteiger partial charge on any atom is 0.196 e. The number of ketones is 2. The van der Waals surface area contributed by atoms with Crippen molar-refractivity contribution in [1.29, 1.82) is 0 Å². The number of hydrogen-bond donors (Lipinski definition) is 4. The first-order valence-electron chi connectivity index (χ1n) is 8.74. The molecule has 0 saturated heterocycles. The van der Waals surface area contributed by atoms with Crippen molar-refractivity contribution >= 4 is 22.9 Å². The fraction of sp³-hybridized carbons (Fsp3) is 0.300. The fourth-order valence-corrected chi connectivity index (χ4v) is 3.14. The van der Waals surface area contributed by atoms with Crippen molar-refractivity contribution in [2.75, 3.05) is 36.9 Å². The summed E-state index contributed by atoms with van der Waals surface area (Å²) in [5.41, 5.74) is 2.75. The average molecular weight is 354 g/mol. The molecule has 1 aliphatic rings. The minimum atomic E-state index is -0.187. The Balaban J connectivity index is 2.00. The first kappa shape index (κ1) is 18.1. The van der Waals surface area contributed by atoms with E-state index in [0.29, 0.717) is 59.6 Å². The number of carbonyl (C=O) groups is 2. The lowest BCUT2D eigenvalue weighted by atomic mass is 9.82. The molecular weight excluding hydrogens is 332 g/mol. The third kappa shape index (κ3) is 3.34. The topological polar surface area (TPSA) is 98.7 Å². The van der Waals surface area contributed by atoms with Crippen LogP contribution in [0.5, 0.6) is 0 Å². The monoisotopic (exact) mass is 354 g/mol. The van der Waals surface area contributed by atoms with E-state index in [2.05, 4.69) is 10.6 Å². The maximum absolute atomic E-state index is 13.1. The zero-order valence-corrected chi connectivity index (χ0v) is 14.4. The number of benzene rings is 2. The van der Waals surface area contributed by atoms with Crippen LogP contribution in [0.4, 0.5) is 11.4 Å². The summed E-state index contributed by atoms with van der Waals surface area (Å²) in [5, 5.41) is 24.2. The standard InChI is InChI=1S/C20H22N2O4/c23-11-3-9-21-15-7-1-5-13-17(15)20(26)14-6-2-8-16(18(14)19(13)25)22-10-4-12-24/h1-2,5-8,21-24H,3-4,9-12H2. The summed E-state index contributed by atoms with van der Waals surface area (Å²) in [4.78, 5) is 26.2. The van der Waals surface area contributed by atoms with E-state index in [-0.39, 0.29) is 24.8 Å². The van der Waals surface area contributed by atoms with Gasteiger partial charge in [-0.05, 0) is 25.0 Å². The van der Waals surface area contributed by atoms with E-state index in [1.165, 1.54) is 0 Å². The molecule has 0 bridgehead atoms. The Bertz CT molecular complexity index is 763. The molecule has 1 aliphatic carbocycles. The number of fused-ring (bicyclic) bond motifs is 2. The average Bonchev–Trinajstić information content (AvgIpc) is 2.66. The van der Waals surface area contributed by atoms with Crippen molar-refractivity contribution in [3.63, 3.8) is 0 Å². The van der Waals surface area contributed by atoms with Gasteiger partial charge in [-0.25, -0.2) is 0 Å². The Morgan fingerprint density at radius 3 is 1.50 bits per heavy atom. The quantitative estimate of drug-likeness (QED) is 0.462. The van der Waals surface area contributed by atoms with E-state index >= 15 is 0 Å². The lowest BCUT2D eigenvalue weighted by Crippen LogP contribution is -2.24. The molecule has 6 heteroatoms. The highest BCUT2D eigenvalue weighted by molar-refractivity contribution is 6.31. The molecule has 2 aromatic carbocycles. The zero-order valence-electron chi connectivity index (χ0n) is 14.4. The van der Waals surface area contributed by atoms with Crippen LogP contribution in [0.2, 0.25) is 0 Å². The SMILES string of the molecule is O=C1c2cccc(NCCCO)c2C(=O)c2cccc(NCCCO)c21. The van der Waals surface area contributed by atoms with Crippen molar-refractivity contribution < 1.29 is 19.8 Å². The van der Waals surface area contributed by atoms with E-state index in [1.807, 2.05) is 0 Å². The molecule has 136 valence electrons. The van der Waals surface area contributed by atoms with Gasteiger partial charge in [0, 0.05) is 48.8 Å². The molecule has 3 rings (SSSR count). The van der Waals surface area contributed by atoms with E-state index in [0.717, 1.165) is 0 Å². The highest BCUT2D eigenvalue weighted by Gasteiger charge is 2.33. The van der Waals surface area contributed by atoms with Gasteiger partial charge in [0.1, 0.15) is 0 Å². The van der Waals surface area contributed by atoms with E-state index in [4.69, 9.17) is 10.2 Å². The smallest absolute Gasteiger partial charge is 0.196 e. The number of rotatable bonds is 8. The number of aliphatic hydroxyl groups excluding tert-OH is 2. The summed E-state index contributed by atoms with van der Waals surface area (Å²) >= 11 is 0. The molecule has 0 saturated carbocycles. The molecule has 0 atom stereocenters. The second-order valence-electron chi connectivity index (χ2n) is 6.12. The Kier molecular flexibility index (Phi) is 5.65. The number of aliphatic hydroxyl groups is 2. The van der Waals surface area contributed by atoms with Crippen LogP contribution in [0.25, 0.3) is 0 Å². The van der Waals surface area contributed by atoms with Crippen LogP contribution in [0.1, 0.15) is 44.7 Å². The van der Waals surface area contributed by atoms with Crippen molar-refractivity contribution in [1.82, 2.24) is 0 Å². The number of hydrogen-bond acceptors (Lipinski definition) is 6. The van der Waals surface area contributed by atoms with Crippen LogP contribution >= 0.6 is 0 Å². The van der Waals surface area contributed by atoms with Crippen LogP contribution in [0.15, 0.2) is 36.4 Å². The number of anilines is 2. The molecule has 0 aromatic heterocycles. The second kappa shape index (κ2) is 8.12. The molecule has 0 aliphatic heterocycles. The summed E-state index contributed by atoms with van der Waals surface area (Å²) < 4.78 is 0. The zero-order chi connectivity index (χ0) is 18.5. The molecular formula is C20H22N2O4. The van der Waals surface area contributed by atoms with Gasteiger partial charge in [0.05, 0.1) is 11.1 Å². The number of nitrogens with one attached hydrogen (secondary N) is 2. The van der Waals surface area contributed by atoms with Crippen LogP contribution in [0, 0.1) is 0 Å². The number of carbonyl (C=O) groups excluding carboxylic acids is 2. The van der Waals surface area contributed by atoms with Gasteiger partial charge in [0.2, 0.25) is 0 Å². The van der Waals surface area contributed by atoms with E-state index in [9.17, 15) is 9.59 Å². The Morgan fingerprint density at radius 1 is 0.692 bits per heavy atom. The van der Waals surface area contributed by atoms with Gasteiger partial charge in [0.25, 0.3) is 0 Å². The van der Waals surface area contributed by atoms with Crippen LogP contribution in [-0.4, -0.2) is 48.1 Å². The summed E-state index contributed by atoms with van der Waals surface area (Å²) in [6.45, 7) is 1.15. The summed E-state index contributed by atoms with van der Waals surface area (Å²) in [6.07, 6.45) is 1.11. The highest BCUT2D eigenvalue weighted by atomic mass is 16.3. The van der Waals surface area contributed by atoms with Crippen molar-refractivity contribution in [2.45, 2.75) is 12.8 Å². The largest absolute Gasteiger partial charge is 0.396 e. The Labute approximate surface area is 151 Å². The van der Waals surface area contributed by atoms with Gasteiger partial charge in [-0.3, -0.25) is 9.59 Å². The van der Waals surface area contributed by atoms with E-state index < -0.39 is 0 Å². The minimum Gasteiger partial charge on any atom is -0.396 e. The van der Waals surface area contributed by atoms with Gasteiger partial charge in [-0.2, -0.15) is 0 Å². The van der Waals surface area contributed by atoms with Gasteiger partial charge >= 0.3 is 0 Å². The van der Waals surface area contributed by atoms with E-state index in [1.54, 1.807) is 36.4 Å². The minimum absolute atomic E-state index is 0.0562. The van der Waals surface area contributed by atoms with Crippen molar-refractivity contribution in [3.05, 3.63) is 58.7 Å². The van der Waals surface area contributed by atoms with Crippen molar-refractivity contribution in [2.24, 2.45) is 0 Å². The third-order valence-electron chi connectivity index (χ3n) is 4.37. The van der Waals surface area contributed by atoms with Gasteiger partial charge in [0.15, 0.2) is 11.6 Å². The first-order chi connectivity index (χ1) is 12.7. The predicted octanol–water partition coefficient (Wildman–Crippen LogP) is 2.05. The highest BCUT2D eigenvalue weighted by Crippen LogP contribution is 2.35. The summed E-state index contributed by atoms with van der Waals surface area (Å²) in [5.74, 6) is -0.375. The van der Waals surface area contributed by atoms with Crippen LogP contribution in [-0.2, 0) is 0 Å². The third-order valence-corrected chi connectivity index (χ3v) is 4.37. The van der Waals surface area contributed by atoms with Gasteiger partial charge < -0.3 is 20.8 Å². The second-order valence-corrected chi connectivity index (χ2v) is 6.12. The summed E-state index contributed by atoms with van der Waals surface area (Å²) in [6, 6.07) is 10.4. The molecule has 0 unspecified atom stereocenters. The molecule has 2 aromatic rings. The molecule has 0 radical (unpaired) electrons. The molecule has 4 N–H and O–H groups in total. The normalized spacial score (nSPS) is 12.5. The Morgan fingerprint density at radius 2 is 1.12 bits per heavy atom. The molecule has 0 heterocycles. The lowest BCUT2D eigenvalue weighted by Gasteiger charge is -2.23. The molecule has 6 nitrogen and oxygen atoms in total. The lowest BCUT2D eigenvalue weighted by molar-refractivity contribution is 0.0980. The molecule has 0 spiro atoms. The van der Waals surface area contributed by atoms with Gasteiger partial charge in [-0.1, -0.05) is 24.3 Å². The molecule has 0 amide bonds. The maximum atomic E-state index is 13.1.